The molecule has 2 nitrogen and oxygen atoms in total. The van der Waals surface area contributed by atoms with E-state index in [1.54, 1.807) is 6.07 Å². The van der Waals surface area contributed by atoms with Crippen LogP contribution in [0.3, 0.4) is 0 Å². The van der Waals surface area contributed by atoms with Crippen LogP contribution in [0.25, 0.3) is 0 Å². The molecule has 0 aliphatic carbocycles. The Balaban J connectivity index is 2.76. The third-order valence-electron chi connectivity index (χ3n) is 2.11. The number of ether oxygens (including phenoxy) is 1. The van der Waals surface area contributed by atoms with Gasteiger partial charge < -0.3 is 9.84 Å². The van der Waals surface area contributed by atoms with E-state index in [4.69, 9.17) is 9.84 Å². The summed E-state index contributed by atoms with van der Waals surface area (Å²) in [5, 5.41) is 8.85. The van der Waals surface area contributed by atoms with Crippen LogP contribution in [0.1, 0.15) is 12.5 Å². The Hall–Kier alpha value is -1.09. The number of hydrogen-bond donors (Lipinski definition) is 1. The van der Waals surface area contributed by atoms with Gasteiger partial charge in [-0.1, -0.05) is 13.0 Å². The van der Waals surface area contributed by atoms with Gasteiger partial charge in [0.1, 0.15) is 0 Å². The van der Waals surface area contributed by atoms with E-state index in [2.05, 4.69) is 0 Å². The lowest BCUT2D eigenvalue weighted by Gasteiger charge is -2.08. The molecule has 0 saturated heterocycles. The summed E-state index contributed by atoms with van der Waals surface area (Å²) in [5.41, 5.74) is 0.879. The maximum Gasteiger partial charge on any atom is 0.165 e. The first-order valence-electron chi connectivity index (χ1n) is 4.60. The van der Waals surface area contributed by atoms with Gasteiger partial charge in [0.15, 0.2) is 11.6 Å². The lowest BCUT2D eigenvalue weighted by Crippen LogP contribution is -2.04. The fourth-order valence-corrected chi connectivity index (χ4v) is 1.30. The van der Waals surface area contributed by atoms with Gasteiger partial charge in [0, 0.05) is 6.61 Å². The summed E-state index contributed by atoms with van der Waals surface area (Å²) in [6, 6.07) is 4.87. The largest absolute Gasteiger partial charge is 0.494 e. The Kier molecular flexibility index (Phi) is 3.89. The number of aliphatic hydroxyl groups excluding tert-OH is 1. The first-order chi connectivity index (χ1) is 6.67. The minimum atomic E-state index is -0.352. The topological polar surface area (TPSA) is 29.5 Å². The van der Waals surface area contributed by atoms with E-state index < -0.39 is 0 Å². The molecule has 0 spiro atoms. The lowest BCUT2D eigenvalue weighted by atomic mass is 10.0. The third kappa shape index (κ3) is 2.70. The molecule has 0 heterocycles. The molecule has 0 aromatic heterocycles. The van der Waals surface area contributed by atoms with Crippen LogP contribution in [0, 0.1) is 11.7 Å². The predicted molar refractivity (Wildman–Crippen MR) is 52.9 cm³/mol. The molecule has 1 aromatic carbocycles. The molecule has 14 heavy (non-hydrogen) atoms. The van der Waals surface area contributed by atoms with E-state index in [-0.39, 0.29) is 24.1 Å². The van der Waals surface area contributed by atoms with Crippen LogP contribution in [0.15, 0.2) is 18.2 Å². The number of hydrogen-bond acceptors (Lipinski definition) is 2. The highest BCUT2D eigenvalue weighted by molar-refractivity contribution is 5.29. The number of methoxy groups -OCH3 is 1. The van der Waals surface area contributed by atoms with Crippen molar-refractivity contribution >= 4 is 0 Å². The van der Waals surface area contributed by atoms with Gasteiger partial charge in [0.05, 0.1) is 7.11 Å². The van der Waals surface area contributed by atoms with Crippen LogP contribution >= 0.6 is 0 Å². The smallest absolute Gasteiger partial charge is 0.165 e. The highest BCUT2D eigenvalue weighted by Crippen LogP contribution is 2.19. The maximum absolute atomic E-state index is 13.2. The SMILES string of the molecule is COc1ccc(C[C@@H](C)CO)cc1F. The minimum Gasteiger partial charge on any atom is -0.494 e. The van der Waals surface area contributed by atoms with Gasteiger partial charge in [0.25, 0.3) is 0 Å². The summed E-state index contributed by atoms with van der Waals surface area (Å²) in [6.07, 6.45) is 0.678. The van der Waals surface area contributed by atoms with Gasteiger partial charge in [-0.25, -0.2) is 4.39 Å². The van der Waals surface area contributed by atoms with Crippen molar-refractivity contribution in [2.75, 3.05) is 13.7 Å². The molecule has 1 rings (SSSR count). The van der Waals surface area contributed by atoms with Crippen molar-refractivity contribution in [3.8, 4) is 5.75 Å². The van der Waals surface area contributed by atoms with Crippen molar-refractivity contribution in [2.24, 2.45) is 5.92 Å². The number of benzene rings is 1. The molecule has 0 bridgehead atoms. The van der Waals surface area contributed by atoms with Crippen molar-refractivity contribution in [1.82, 2.24) is 0 Å². The van der Waals surface area contributed by atoms with Gasteiger partial charge in [-0.3, -0.25) is 0 Å². The van der Waals surface area contributed by atoms with Crippen molar-refractivity contribution in [2.45, 2.75) is 13.3 Å². The second-order valence-corrected chi connectivity index (χ2v) is 3.46. The average molecular weight is 198 g/mol. The zero-order chi connectivity index (χ0) is 10.6. The van der Waals surface area contributed by atoms with Crippen LogP contribution in [-0.2, 0) is 6.42 Å². The minimum absolute atomic E-state index is 0.119. The highest BCUT2D eigenvalue weighted by Gasteiger charge is 2.06. The summed E-state index contributed by atoms with van der Waals surface area (Å²) in [4.78, 5) is 0. The van der Waals surface area contributed by atoms with Gasteiger partial charge >= 0.3 is 0 Å². The molecule has 78 valence electrons. The molecule has 0 amide bonds. The zero-order valence-corrected chi connectivity index (χ0v) is 8.46. The Bertz CT molecular complexity index is 299. The molecular formula is C11H15FO2. The van der Waals surface area contributed by atoms with Crippen molar-refractivity contribution in [3.05, 3.63) is 29.6 Å². The van der Waals surface area contributed by atoms with E-state index in [1.165, 1.54) is 13.2 Å². The van der Waals surface area contributed by atoms with Crippen LogP contribution in [-0.4, -0.2) is 18.8 Å². The second kappa shape index (κ2) is 4.96. The molecule has 1 N–H and O–H groups in total. The molecule has 0 fully saturated rings. The molecule has 1 aromatic rings. The van der Waals surface area contributed by atoms with Gasteiger partial charge in [0.2, 0.25) is 0 Å². The molecule has 0 unspecified atom stereocenters. The van der Waals surface area contributed by atoms with Crippen LogP contribution in [0.2, 0.25) is 0 Å². The Labute approximate surface area is 83.3 Å². The standard InChI is InChI=1S/C11H15FO2/c1-8(7-13)5-9-3-4-11(14-2)10(12)6-9/h3-4,6,8,13H,5,7H2,1-2H3/t8-/m1/s1. The van der Waals surface area contributed by atoms with Crippen LogP contribution in [0.4, 0.5) is 4.39 Å². The van der Waals surface area contributed by atoms with E-state index >= 15 is 0 Å². The van der Waals surface area contributed by atoms with Gasteiger partial charge in [-0.05, 0) is 30.0 Å². The van der Waals surface area contributed by atoms with E-state index in [1.807, 2.05) is 13.0 Å². The number of rotatable bonds is 4. The first kappa shape index (κ1) is 11.0. The first-order valence-corrected chi connectivity index (χ1v) is 4.60. The van der Waals surface area contributed by atoms with Crippen LogP contribution < -0.4 is 4.74 Å². The quantitative estimate of drug-likeness (QED) is 0.801. The summed E-state index contributed by atoms with van der Waals surface area (Å²) < 4.78 is 18.0. The fourth-order valence-electron chi connectivity index (χ4n) is 1.30. The van der Waals surface area contributed by atoms with E-state index in [0.717, 1.165) is 5.56 Å². The molecule has 0 aliphatic heterocycles. The van der Waals surface area contributed by atoms with Gasteiger partial charge in [-0.2, -0.15) is 0 Å². The second-order valence-electron chi connectivity index (χ2n) is 3.46. The van der Waals surface area contributed by atoms with Crippen molar-refractivity contribution in [1.29, 1.82) is 0 Å². The third-order valence-corrected chi connectivity index (χ3v) is 2.11. The average Bonchev–Trinajstić information content (AvgIpc) is 2.18. The molecule has 0 saturated carbocycles. The molecule has 3 heteroatoms. The summed E-state index contributed by atoms with van der Waals surface area (Å²) in [5.74, 6) is 0.0586. The number of halogens is 1. The normalized spacial score (nSPS) is 12.6. The Morgan fingerprint density at radius 3 is 2.71 bits per heavy atom. The zero-order valence-electron chi connectivity index (χ0n) is 8.46. The van der Waals surface area contributed by atoms with Gasteiger partial charge in [-0.15, -0.1) is 0 Å². The molecule has 0 aliphatic rings. The molecule has 0 radical (unpaired) electrons. The lowest BCUT2D eigenvalue weighted by molar-refractivity contribution is 0.237. The van der Waals surface area contributed by atoms with Crippen molar-refractivity contribution in [3.63, 3.8) is 0 Å². The molecule has 1 atom stereocenters. The van der Waals surface area contributed by atoms with E-state index in [0.29, 0.717) is 6.42 Å². The summed E-state index contributed by atoms with van der Waals surface area (Å²) in [6.45, 7) is 2.04. The predicted octanol–water partition coefficient (Wildman–Crippen LogP) is 2.01. The summed E-state index contributed by atoms with van der Waals surface area (Å²) in [7, 11) is 1.44. The van der Waals surface area contributed by atoms with E-state index in [9.17, 15) is 4.39 Å². The highest BCUT2D eigenvalue weighted by atomic mass is 19.1. The Morgan fingerprint density at radius 2 is 2.21 bits per heavy atom. The monoisotopic (exact) mass is 198 g/mol. The maximum atomic E-state index is 13.2. The number of aliphatic hydroxyl groups is 1. The fraction of sp³-hybridized carbons (Fsp3) is 0.455. The molecular weight excluding hydrogens is 183 g/mol. The van der Waals surface area contributed by atoms with Crippen molar-refractivity contribution < 1.29 is 14.2 Å². The Morgan fingerprint density at radius 1 is 1.50 bits per heavy atom. The summed E-state index contributed by atoms with van der Waals surface area (Å²) >= 11 is 0. The van der Waals surface area contributed by atoms with Crippen LogP contribution in [0.5, 0.6) is 5.75 Å².